The first-order valence-corrected chi connectivity index (χ1v) is 18.5. The molecular weight excluding hydrogens is 755 g/mol. The quantitative estimate of drug-likeness (QED) is 0.155. The lowest BCUT2D eigenvalue weighted by Crippen LogP contribution is -2.27. The normalized spacial score (nSPS) is 11.9. The zero-order chi connectivity index (χ0) is 41.4. The zero-order valence-electron chi connectivity index (χ0n) is 32.7. The molecule has 2 aromatic heterocycles. The summed E-state index contributed by atoms with van der Waals surface area (Å²) in [5.41, 5.74) is 6.02. The number of rotatable bonds is 8. The Balaban J connectivity index is 0.000000216. The molecule has 6 aromatic rings. The maximum Gasteiger partial charge on any atom is 0.311 e. The van der Waals surface area contributed by atoms with Crippen molar-refractivity contribution in [3.63, 3.8) is 0 Å². The lowest BCUT2D eigenvalue weighted by atomic mass is 9.75. The number of aliphatic carboxylic acids is 2. The first kappa shape index (κ1) is 41.6. The zero-order valence-corrected chi connectivity index (χ0v) is 34.2. The second-order valence-corrected chi connectivity index (χ2v) is 15.6. The Morgan fingerprint density at radius 3 is 1.46 bits per heavy atom. The molecule has 10 nitrogen and oxygen atoms in total. The summed E-state index contributed by atoms with van der Waals surface area (Å²) < 4.78 is 13.7. The van der Waals surface area contributed by atoms with Crippen LogP contribution in [0.15, 0.2) is 72.8 Å². The van der Waals surface area contributed by atoms with Crippen molar-refractivity contribution in [2.45, 2.75) is 60.8 Å². The van der Waals surface area contributed by atoms with E-state index >= 15 is 0 Å². The summed E-state index contributed by atoms with van der Waals surface area (Å²) in [6, 6.07) is 21.2. The van der Waals surface area contributed by atoms with Crippen LogP contribution in [0.2, 0.25) is 10.0 Å². The predicted molar refractivity (Wildman–Crippen MR) is 219 cm³/mol. The lowest BCUT2D eigenvalue weighted by molar-refractivity contribution is -0.141. The predicted octanol–water partition coefficient (Wildman–Crippen LogP) is 10.1. The molecule has 0 saturated carbocycles. The number of halogens is 2. The van der Waals surface area contributed by atoms with Crippen molar-refractivity contribution >= 4 is 68.8 Å². The van der Waals surface area contributed by atoms with Crippen LogP contribution < -0.4 is 9.47 Å². The van der Waals surface area contributed by atoms with Gasteiger partial charge in [0.1, 0.15) is 11.5 Å². The van der Waals surface area contributed by atoms with Gasteiger partial charge in [-0.15, -0.1) is 0 Å². The van der Waals surface area contributed by atoms with Gasteiger partial charge >= 0.3 is 11.9 Å². The Morgan fingerprint density at radius 1 is 0.661 bits per heavy atom. The smallest absolute Gasteiger partial charge is 0.311 e. The van der Waals surface area contributed by atoms with Crippen LogP contribution in [0.3, 0.4) is 0 Å². The van der Waals surface area contributed by atoms with Gasteiger partial charge in [0.15, 0.2) is 0 Å². The van der Waals surface area contributed by atoms with E-state index in [-0.39, 0.29) is 18.2 Å². The van der Waals surface area contributed by atoms with Crippen molar-refractivity contribution in [3.8, 4) is 11.5 Å². The number of carbonyl (C=O) groups is 4. The first-order chi connectivity index (χ1) is 26.3. The molecule has 12 heteroatoms. The van der Waals surface area contributed by atoms with Gasteiger partial charge in [0.25, 0.3) is 11.8 Å². The van der Waals surface area contributed by atoms with Crippen molar-refractivity contribution in [2.75, 3.05) is 14.2 Å². The van der Waals surface area contributed by atoms with Crippen LogP contribution in [-0.4, -0.2) is 57.3 Å². The number of hydrogen-bond donors (Lipinski definition) is 2. The molecule has 0 aliphatic heterocycles. The van der Waals surface area contributed by atoms with E-state index in [4.69, 9.17) is 32.7 Å². The van der Waals surface area contributed by atoms with Gasteiger partial charge in [-0.3, -0.25) is 28.3 Å². The molecule has 2 heterocycles. The number of fused-ring (bicyclic) bond motifs is 2. The number of carboxylic acid groups (broad SMARTS) is 2. The van der Waals surface area contributed by atoms with E-state index in [2.05, 4.69) is 0 Å². The standard InChI is InChI=1S/C24H26ClNO4.C20H18ClNO4/c1-13-7-9-15(10-8-13)22(27)26-14(2)20(21(23(28)29)24(3,4)5)16-11-19(30-6)17(25)12-18(16)26;1-11-4-6-13(7-5-11)20(25)22-12(2)14(9-19(23)24)15-8-18(26-3)16(21)10-17(15)22/h7-12,21H,1-6H3,(H,28,29);4-8,10H,9H2,1-3H3,(H,23,24). The molecule has 6 rings (SSSR count). The van der Waals surface area contributed by atoms with E-state index < -0.39 is 23.3 Å². The Bertz CT molecular complexity index is 2510. The summed E-state index contributed by atoms with van der Waals surface area (Å²) in [7, 11) is 3.00. The lowest BCUT2D eigenvalue weighted by Gasteiger charge is -2.28. The van der Waals surface area contributed by atoms with Gasteiger partial charge in [-0.2, -0.15) is 0 Å². The van der Waals surface area contributed by atoms with Crippen molar-refractivity contribution in [3.05, 3.63) is 128 Å². The molecule has 56 heavy (non-hydrogen) atoms. The highest BCUT2D eigenvalue weighted by Gasteiger charge is 2.38. The van der Waals surface area contributed by atoms with Gasteiger partial charge in [-0.1, -0.05) is 79.4 Å². The number of ether oxygens (including phenoxy) is 2. The SMILES string of the molecule is COc1cc2c(C(C(=O)O)C(C)(C)C)c(C)n(C(=O)c3ccc(C)cc3)c2cc1Cl.COc1cc2c(CC(=O)O)c(C)n(C(=O)c3ccc(C)cc3)c2cc1Cl. The van der Waals surface area contributed by atoms with Crippen molar-refractivity contribution < 1.29 is 38.9 Å². The largest absolute Gasteiger partial charge is 0.495 e. The fourth-order valence-corrected chi connectivity index (χ4v) is 7.54. The molecule has 1 atom stereocenters. The Hall–Kier alpha value is -5.58. The van der Waals surface area contributed by atoms with Gasteiger partial charge in [0.2, 0.25) is 0 Å². The fraction of sp³-hybridized carbons (Fsp3) is 0.273. The monoisotopic (exact) mass is 798 g/mol. The Kier molecular flexibility index (Phi) is 12.1. The number of aromatic nitrogens is 2. The second-order valence-electron chi connectivity index (χ2n) is 14.8. The highest BCUT2D eigenvalue weighted by molar-refractivity contribution is 6.33. The highest BCUT2D eigenvalue weighted by Crippen LogP contribution is 2.44. The van der Waals surface area contributed by atoms with Gasteiger partial charge in [0.05, 0.1) is 47.6 Å². The van der Waals surface area contributed by atoms with Crippen molar-refractivity contribution in [1.29, 1.82) is 0 Å². The fourth-order valence-electron chi connectivity index (χ4n) is 7.07. The highest BCUT2D eigenvalue weighted by atomic mass is 35.5. The summed E-state index contributed by atoms with van der Waals surface area (Å²) in [5, 5.41) is 21.4. The van der Waals surface area contributed by atoms with E-state index in [1.165, 1.54) is 18.8 Å². The molecule has 0 spiro atoms. The summed E-state index contributed by atoms with van der Waals surface area (Å²) in [5.74, 6) is -2.33. The Morgan fingerprint density at radius 2 is 1.07 bits per heavy atom. The second kappa shape index (κ2) is 16.3. The third-order valence-electron chi connectivity index (χ3n) is 9.87. The summed E-state index contributed by atoms with van der Waals surface area (Å²) in [4.78, 5) is 50.2. The molecule has 0 fully saturated rings. The minimum atomic E-state index is -0.969. The molecule has 0 aliphatic carbocycles. The van der Waals surface area contributed by atoms with Gasteiger partial charge in [-0.05, 0) is 92.8 Å². The Labute approximate surface area is 335 Å². The third-order valence-corrected chi connectivity index (χ3v) is 10.5. The summed E-state index contributed by atoms with van der Waals surface area (Å²) in [6.45, 7) is 13.1. The van der Waals surface area contributed by atoms with Crippen LogP contribution in [0.4, 0.5) is 0 Å². The molecule has 0 bridgehead atoms. The summed E-state index contributed by atoms with van der Waals surface area (Å²) in [6.07, 6.45) is -0.193. The summed E-state index contributed by atoms with van der Waals surface area (Å²) >= 11 is 12.6. The molecular formula is C44H44Cl2N2O8. The topological polar surface area (TPSA) is 137 Å². The van der Waals surface area contributed by atoms with E-state index in [0.29, 0.717) is 77.0 Å². The number of methoxy groups -OCH3 is 2. The average molecular weight is 800 g/mol. The van der Waals surface area contributed by atoms with E-state index in [0.717, 1.165) is 11.1 Å². The number of hydrogen-bond acceptors (Lipinski definition) is 6. The molecule has 1 unspecified atom stereocenters. The number of carbonyl (C=O) groups excluding carboxylic acids is 2. The van der Waals surface area contributed by atoms with E-state index in [1.807, 2.05) is 58.9 Å². The van der Waals surface area contributed by atoms with Crippen LogP contribution in [-0.2, 0) is 16.0 Å². The number of benzene rings is 4. The van der Waals surface area contributed by atoms with Gasteiger partial charge in [-0.25, -0.2) is 0 Å². The van der Waals surface area contributed by atoms with Crippen molar-refractivity contribution in [2.24, 2.45) is 5.41 Å². The number of carboxylic acids is 2. The minimum Gasteiger partial charge on any atom is -0.495 e. The van der Waals surface area contributed by atoms with Crippen LogP contribution in [0.25, 0.3) is 21.8 Å². The van der Waals surface area contributed by atoms with Crippen LogP contribution in [0.5, 0.6) is 11.5 Å². The third kappa shape index (κ3) is 8.03. The minimum absolute atomic E-state index is 0.193. The van der Waals surface area contributed by atoms with Gasteiger partial charge in [0, 0.05) is 33.3 Å². The average Bonchev–Trinajstić information content (AvgIpc) is 3.54. The number of aryl methyl sites for hydroxylation is 2. The molecule has 0 amide bonds. The van der Waals surface area contributed by atoms with E-state index in [9.17, 15) is 29.4 Å². The maximum absolute atomic E-state index is 13.5. The first-order valence-electron chi connectivity index (χ1n) is 17.7. The van der Waals surface area contributed by atoms with Crippen LogP contribution in [0, 0.1) is 33.1 Å². The molecule has 0 radical (unpaired) electrons. The van der Waals surface area contributed by atoms with Crippen molar-refractivity contribution in [1.82, 2.24) is 9.13 Å². The molecule has 292 valence electrons. The molecule has 4 aromatic carbocycles. The van der Waals surface area contributed by atoms with Crippen LogP contribution in [0.1, 0.15) is 81.0 Å². The maximum atomic E-state index is 13.5. The van der Waals surface area contributed by atoms with Crippen LogP contribution >= 0.6 is 23.2 Å². The number of nitrogens with zero attached hydrogens (tertiary/aromatic N) is 2. The van der Waals surface area contributed by atoms with Gasteiger partial charge < -0.3 is 19.7 Å². The molecule has 0 saturated heterocycles. The molecule has 0 aliphatic rings. The molecule has 2 N–H and O–H groups in total. The van der Waals surface area contributed by atoms with E-state index in [1.54, 1.807) is 66.9 Å².